The van der Waals surface area contributed by atoms with Crippen molar-refractivity contribution in [3.63, 3.8) is 0 Å². The first kappa shape index (κ1) is 14.5. The minimum atomic E-state index is -0.616. The Balaban J connectivity index is 2.22. The fraction of sp³-hybridized carbons (Fsp3) is 0.133. The highest BCUT2D eigenvalue weighted by Gasteiger charge is 2.10. The van der Waals surface area contributed by atoms with Crippen LogP contribution in [0.3, 0.4) is 0 Å². The lowest BCUT2D eigenvalue weighted by atomic mass is 10.2. The molecule has 2 rings (SSSR count). The van der Waals surface area contributed by atoms with Crippen LogP contribution in [-0.4, -0.2) is 25.0 Å². The third kappa shape index (κ3) is 3.34. The van der Waals surface area contributed by atoms with Gasteiger partial charge in [-0.15, -0.1) is 0 Å². The van der Waals surface area contributed by atoms with Crippen LogP contribution < -0.4 is 10.2 Å². The number of carbonyl (C=O) groups is 1. The lowest BCUT2D eigenvalue weighted by molar-refractivity contribution is 0.102. The summed E-state index contributed by atoms with van der Waals surface area (Å²) in [5.74, 6) is -0.315. The zero-order valence-corrected chi connectivity index (χ0v) is 11.6. The van der Waals surface area contributed by atoms with Gasteiger partial charge in [-0.3, -0.25) is 4.79 Å². The van der Waals surface area contributed by atoms with E-state index in [-0.39, 0.29) is 11.5 Å². The number of pyridine rings is 1. The van der Waals surface area contributed by atoms with E-state index in [0.29, 0.717) is 17.1 Å². The fourth-order valence-electron chi connectivity index (χ4n) is 1.70. The molecule has 0 aliphatic carbocycles. The van der Waals surface area contributed by atoms with Gasteiger partial charge in [0.25, 0.3) is 5.91 Å². The van der Waals surface area contributed by atoms with Gasteiger partial charge < -0.3 is 10.2 Å². The van der Waals surface area contributed by atoms with Gasteiger partial charge in [0.05, 0.1) is 5.56 Å². The molecule has 106 valence electrons. The Morgan fingerprint density at radius 3 is 2.76 bits per heavy atom. The standard InChI is InChI=1S/C15H13FN4O/c1-20(2)14-8-10(5-6-18-14)15(21)19-12-3-4-13(16)11(7-12)9-17/h3-8H,1-2H3,(H,19,21). The zero-order chi connectivity index (χ0) is 15.4. The molecule has 1 amide bonds. The van der Waals surface area contributed by atoms with Gasteiger partial charge in [-0.05, 0) is 30.3 Å². The highest BCUT2D eigenvalue weighted by molar-refractivity contribution is 6.04. The second-order valence-electron chi connectivity index (χ2n) is 4.56. The molecule has 0 atom stereocenters. The minimum absolute atomic E-state index is 0.114. The smallest absolute Gasteiger partial charge is 0.255 e. The number of anilines is 2. The molecule has 5 nitrogen and oxygen atoms in total. The van der Waals surface area contributed by atoms with Crippen LogP contribution in [0.15, 0.2) is 36.5 Å². The Labute approximate surface area is 121 Å². The van der Waals surface area contributed by atoms with Gasteiger partial charge in [0.2, 0.25) is 0 Å². The topological polar surface area (TPSA) is 69.0 Å². The maximum atomic E-state index is 13.2. The molecule has 1 N–H and O–H groups in total. The molecular formula is C15H13FN4O. The van der Waals surface area contributed by atoms with Gasteiger partial charge >= 0.3 is 0 Å². The second kappa shape index (κ2) is 6.01. The number of hydrogen-bond donors (Lipinski definition) is 1. The zero-order valence-electron chi connectivity index (χ0n) is 11.6. The predicted molar refractivity (Wildman–Crippen MR) is 77.6 cm³/mol. The quantitative estimate of drug-likeness (QED) is 0.939. The van der Waals surface area contributed by atoms with E-state index in [1.54, 1.807) is 23.1 Å². The average Bonchev–Trinajstić information content (AvgIpc) is 2.49. The Bertz CT molecular complexity index is 722. The molecule has 2 aromatic rings. The van der Waals surface area contributed by atoms with Crippen LogP contribution in [0, 0.1) is 17.1 Å². The van der Waals surface area contributed by atoms with Crippen molar-refractivity contribution in [1.82, 2.24) is 4.98 Å². The lowest BCUT2D eigenvalue weighted by Crippen LogP contribution is -2.15. The van der Waals surface area contributed by atoms with Crippen molar-refractivity contribution in [3.8, 4) is 6.07 Å². The van der Waals surface area contributed by atoms with Gasteiger partial charge in [0.1, 0.15) is 17.7 Å². The number of benzene rings is 1. The number of nitrogens with zero attached hydrogens (tertiary/aromatic N) is 3. The van der Waals surface area contributed by atoms with E-state index in [4.69, 9.17) is 5.26 Å². The largest absolute Gasteiger partial charge is 0.363 e. The molecule has 6 heteroatoms. The first-order chi connectivity index (χ1) is 10.0. The van der Waals surface area contributed by atoms with Crippen LogP contribution in [-0.2, 0) is 0 Å². The number of halogens is 1. The molecule has 0 saturated carbocycles. The molecule has 0 saturated heterocycles. The summed E-state index contributed by atoms with van der Waals surface area (Å²) >= 11 is 0. The molecule has 0 radical (unpaired) electrons. The molecule has 0 unspecified atom stereocenters. The van der Waals surface area contributed by atoms with Crippen LogP contribution in [0.4, 0.5) is 15.9 Å². The van der Waals surface area contributed by atoms with Crippen LogP contribution in [0.5, 0.6) is 0 Å². The maximum absolute atomic E-state index is 13.2. The van der Waals surface area contributed by atoms with Crippen LogP contribution in [0.2, 0.25) is 0 Å². The predicted octanol–water partition coefficient (Wildman–Crippen LogP) is 2.41. The van der Waals surface area contributed by atoms with Gasteiger partial charge in [0, 0.05) is 31.5 Å². The van der Waals surface area contributed by atoms with Crippen LogP contribution in [0.1, 0.15) is 15.9 Å². The molecule has 0 spiro atoms. The van der Waals surface area contributed by atoms with Gasteiger partial charge in [0.15, 0.2) is 0 Å². The summed E-state index contributed by atoms with van der Waals surface area (Å²) in [6, 6.07) is 8.80. The number of nitrogens with one attached hydrogen (secondary N) is 1. The number of nitriles is 1. The number of carbonyl (C=O) groups excluding carboxylic acids is 1. The molecule has 21 heavy (non-hydrogen) atoms. The normalized spacial score (nSPS) is 9.81. The first-order valence-electron chi connectivity index (χ1n) is 6.15. The fourth-order valence-corrected chi connectivity index (χ4v) is 1.70. The van der Waals surface area contributed by atoms with Crippen molar-refractivity contribution in [2.24, 2.45) is 0 Å². The number of hydrogen-bond acceptors (Lipinski definition) is 4. The van der Waals surface area contributed by atoms with E-state index in [0.717, 1.165) is 6.07 Å². The van der Waals surface area contributed by atoms with Crippen molar-refractivity contribution in [3.05, 3.63) is 53.5 Å². The summed E-state index contributed by atoms with van der Waals surface area (Å²) in [5.41, 5.74) is 0.675. The highest BCUT2D eigenvalue weighted by atomic mass is 19.1. The Morgan fingerprint density at radius 1 is 1.33 bits per heavy atom. The van der Waals surface area contributed by atoms with Crippen molar-refractivity contribution in [2.45, 2.75) is 0 Å². The van der Waals surface area contributed by atoms with Gasteiger partial charge in [-0.2, -0.15) is 5.26 Å². The summed E-state index contributed by atoms with van der Waals surface area (Å²) in [4.78, 5) is 18.0. The third-order valence-electron chi connectivity index (χ3n) is 2.81. The van der Waals surface area contributed by atoms with Crippen molar-refractivity contribution in [2.75, 3.05) is 24.3 Å². The monoisotopic (exact) mass is 284 g/mol. The number of rotatable bonds is 3. The van der Waals surface area contributed by atoms with Crippen molar-refractivity contribution < 1.29 is 9.18 Å². The number of amides is 1. The Hall–Kier alpha value is -2.94. The minimum Gasteiger partial charge on any atom is -0.363 e. The maximum Gasteiger partial charge on any atom is 0.255 e. The third-order valence-corrected chi connectivity index (χ3v) is 2.81. The summed E-state index contributed by atoms with van der Waals surface area (Å²) in [6.07, 6.45) is 1.54. The van der Waals surface area contributed by atoms with Crippen molar-refractivity contribution in [1.29, 1.82) is 5.26 Å². The summed E-state index contributed by atoms with van der Waals surface area (Å²) in [6.45, 7) is 0. The van der Waals surface area contributed by atoms with Gasteiger partial charge in [-0.25, -0.2) is 9.37 Å². The second-order valence-corrected chi connectivity index (χ2v) is 4.56. The van der Waals surface area contributed by atoms with E-state index in [9.17, 15) is 9.18 Å². The van der Waals surface area contributed by atoms with Crippen LogP contribution >= 0.6 is 0 Å². The highest BCUT2D eigenvalue weighted by Crippen LogP contribution is 2.16. The molecule has 1 aromatic carbocycles. The average molecular weight is 284 g/mol. The summed E-state index contributed by atoms with van der Waals surface area (Å²) in [5, 5.41) is 11.4. The molecule has 0 bridgehead atoms. The van der Waals surface area contributed by atoms with Crippen LogP contribution in [0.25, 0.3) is 0 Å². The molecule has 0 fully saturated rings. The van der Waals surface area contributed by atoms with E-state index >= 15 is 0 Å². The molecular weight excluding hydrogens is 271 g/mol. The molecule has 1 aromatic heterocycles. The Morgan fingerprint density at radius 2 is 2.10 bits per heavy atom. The van der Waals surface area contributed by atoms with Gasteiger partial charge in [-0.1, -0.05) is 0 Å². The lowest BCUT2D eigenvalue weighted by Gasteiger charge is -2.12. The van der Waals surface area contributed by atoms with E-state index in [1.807, 2.05) is 14.1 Å². The molecule has 0 aliphatic rings. The molecule has 1 heterocycles. The van der Waals surface area contributed by atoms with Crippen molar-refractivity contribution >= 4 is 17.4 Å². The SMILES string of the molecule is CN(C)c1cc(C(=O)Nc2ccc(F)c(C#N)c2)ccn1. The first-order valence-corrected chi connectivity index (χ1v) is 6.15. The number of aromatic nitrogens is 1. The van der Waals surface area contributed by atoms with E-state index in [1.165, 1.54) is 18.3 Å². The van der Waals surface area contributed by atoms with E-state index in [2.05, 4.69) is 10.3 Å². The summed E-state index contributed by atoms with van der Waals surface area (Å²) < 4.78 is 13.2. The summed E-state index contributed by atoms with van der Waals surface area (Å²) in [7, 11) is 3.65. The molecule has 0 aliphatic heterocycles. The Kier molecular flexibility index (Phi) is 4.14. The van der Waals surface area contributed by atoms with E-state index < -0.39 is 5.82 Å².